The number of nitrogens with zero attached hydrogens (tertiary/aromatic N) is 4. The number of anilines is 1. The third-order valence-electron chi connectivity index (χ3n) is 4.02. The van der Waals surface area contributed by atoms with Crippen molar-refractivity contribution in [2.75, 3.05) is 5.32 Å². The second-order valence-corrected chi connectivity index (χ2v) is 6.84. The van der Waals surface area contributed by atoms with Crippen LogP contribution >= 0.6 is 11.3 Å². The van der Waals surface area contributed by atoms with Crippen molar-refractivity contribution in [2.45, 2.75) is 13.8 Å². The van der Waals surface area contributed by atoms with E-state index >= 15 is 0 Å². The van der Waals surface area contributed by atoms with Gasteiger partial charge in [-0.1, -0.05) is 34.7 Å². The minimum absolute atomic E-state index is 0.221. The van der Waals surface area contributed by atoms with E-state index in [1.54, 1.807) is 17.7 Å². The molecule has 0 aliphatic carbocycles. The molecule has 0 saturated heterocycles. The van der Waals surface area contributed by atoms with Crippen LogP contribution in [0.4, 0.5) is 9.52 Å². The Hall–Kier alpha value is -3.13. The van der Waals surface area contributed by atoms with E-state index in [0.717, 1.165) is 16.0 Å². The SMILES string of the molecule is Cc1ccccc1-n1nnc(C(=O)Nc2nc3cc(F)ccc3s2)c1C. The third kappa shape index (κ3) is 2.84. The van der Waals surface area contributed by atoms with Gasteiger partial charge in [0, 0.05) is 6.07 Å². The standard InChI is InChI=1S/C18H14FN5OS/c1-10-5-3-4-6-14(10)24-11(2)16(22-23-24)17(25)21-18-20-13-9-12(19)7-8-15(13)26-18/h3-9H,1-2H3,(H,20,21,25). The first-order chi connectivity index (χ1) is 12.5. The summed E-state index contributed by atoms with van der Waals surface area (Å²) in [6, 6.07) is 12.1. The second kappa shape index (κ2) is 6.30. The molecule has 0 bridgehead atoms. The molecule has 1 N–H and O–H groups in total. The van der Waals surface area contributed by atoms with E-state index in [4.69, 9.17) is 0 Å². The summed E-state index contributed by atoms with van der Waals surface area (Å²) in [7, 11) is 0. The van der Waals surface area contributed by atoms with Gasteiger partial charge in [0.25, 0.3) is 5.91 Å². The molecule has 2 heterocycles. The zero-order valence-corrected chi connectivity index (χ0v) is 14.8. The molecule has 4 rings (SSSR count). The van der Waals surface area contributed by atoms with Crippen molar-refractivity contribution in [3.8, 4) is 5.69 Å². The van der Waals surface area contributed by atoms with Crippen LogP contribution in [-0.4, -0.2) is 25.9 Å². The molecule has 0 unspecified atom stereocenters. The lowest BCUT2D eigenvalue weighted by atomic mass is 10.2. The molecule has 1 amide bonds. The van der Waals surface area contributed by atoms with Gasteiger partial charge in [-0.15, -0.1) is 5.10 Å². The van der Waals surface area contributed by atoms with Gasteiger partial charge in [0.15, 0.2) is 10.8 Å². The first-order valence-electron chi connectivity index (χ1n) is 7.88. The van der Waals surface area contributed by atoms with Crippen molar-refractivity contribution >= 4 is 32.6 Å². The summed E-state index contributed by atoms with van der Waals surface area (Å²) in [5, 5.41) is 11.2. The molecule has 0 spiro atoms. The van der Waals surface area contributed by atoms with Crippen LogP contribution in [0.15, 0.2) is 42.5 Å². The number of para-hydroxylation sites is 1. The minimum atomic E-state index is -0.401. The highest BCUT2D eigenvalue weighted by molar-refractivity contribution is 7.22. The number of hydrogen-bond acceptors (Lipinski definition) is 5. The third-order valence-corrected chi connectivity index (χ3v) is 4.98. The summed E-state index contributed by atoms with van der Waals surface area (Å²) >= 11 is 1.28. The minimum Gasteiger partial charge on any atom is -0.296 e. The maximum absolute atomic E-state index is 13.3. The maximum Gasteiger partial charge on any atom is 0.279 e. The number of halogens is 1. The molecule has 0 aliphatic rings. The fourth-order valence-corrected chi connectivity index (χ4v) is 3.52. The summed E-state index contributed by atoms with van der Waals surface area (Å²) in [6.45, 7) is 3.76. The Morgan fingerprint density at radius 1 is 1.19 bits per heavy atom. The number of amides is 1. The molecular weight excluding hydrogens is 353 g/mol. The van der Waals surface area contributed by atoms with Crippen LogP contribution in [0.2, 0.25) is 0 Å². The number of carbonyl (C=O) groups excluding carboxylic acids is 1. The number of carbonyl (C=O) groups is 1. The van der Waals surface area contributed by atoms with Crippen LogP contribution in [-0.2, 0) is 0 Å². The van der Waals surface area contributed by atoms with Gasteiger partial charge < -0.3 is 0 Å². The van der Waals surface area contributed by atoms with Crippen LogP contribution in [0.25, 0.3) is 15.9 Å². The van der Waals surface area contributed by atoms with E-state index in [0.29, 0.717) is 16.3 Å². The summed E-state index contributed by atoms with van der Waals surface area (Å²) in [4.78, 5) is 16.8. The predicted molar refractivity (Wildman–Crippen MR) is 98.4 cm³/mol. The molecule has 0 atom stereocenters. The largest absolute Gasteiger partial charge is 0.296 e. The summed E-state index contributed by atoms with van der Waals surface area (Å²) in [6.07, 6.45) is 0. The summed E-state index contributed by atoms with van der Waals surface area (Å²) in [5.74, 6) is -0.764. The normalized spacial score (nSPS) is 11.0. The quantitative estimate of drug-likeness (QED) is 0.596. The van der Waals surface area contributed by atoms with Crippen molar-refractivity contribution in [1.29, 1.82) is 0 Å². The molecule has 0 radical (unpaired) electrons. The monoisotopic (exact) mass is 367 g/mol. The first-order valence-corrected chi connectivity index (χ1v) is 8.70. The van der Waals surface area contributed by atoms with Crippen LogP contribution in [0.5, 0.6) is 0 Å². The lowest BCUT2D eigenvalue weighted by Gasteiger charge is -2.06. The zero-order valence-electron chi connectivity index (χ0n) is 14.0. The fraction of sp³-hybridized carbons (Fsp3) is 0.111. The molecular formula is C18H14FN5OS. The molecule has 8 heteroatoms. The lowest BCUT2D eigenvalue weighted by Crippen LogP contribution is -2.14. The van der Waals surface area contributed by atoms with Gasteiger partial charge in [0.05, 0.1) is 21.6 Å². The van der Waals surface area contributed by atoms with Crippen molar-refractivity contribution in [2.24, 2.45) is 0 Å². The van der Waals surface area contributed by atoms with Crippen LogP contribution in [0.1, 0.15) is 21.7 Å². The lowest BCUT2D eigenvalue weighted by molar-refractivity contribution is 0.102. The average molecular weight is 367 g/mol. The van der Waals surface area contributed by atoms with E-state index in [1.165, 1.54) is 23.5 Å². The number of thiazole rings is 1. The first kappa shape index (κ1) is 16.3. The Bertz CT molecular complexity index is 1130. The van der Waals surface area contributed by atoms with Gasteiger partial charge in [-0.25, -0.2) is 14.1 Å². The Balaban J connectivity index is 1.63. The van der Waals surface area contributed by atoms with Gasteiger partial charge in [-0.3, -0.25) is 10.1 Å². The number of benzene rings is 2. The van der Waals surface area contributed by atoms with Crippen molar-refractivity contribution < 1.29 is 9.18 Å². The van der Waals surface area contributed by atoms with E-state index in [9.17, 15) is 9.18 Å². The number of aryl methyl sites for hydroxylation is 1. The van der Waals surface area contributed by atoms with Gasteiger partial charge in [-0.2, -0.15) is 0 Å². The Labute approximate surface area is 152 Å². The fourth-order valence-electron chi connectivity index (χ4n) is 2.68. The van der Waals surface area contributed by atoms with Gasteiger partial charge in [0.1, 0.15) is 5.82 Å². The summed E-state index contributed by atoms with van der Waals surface area (Å²) < 4.78 is 15.7. The summed E-state index contributed by atoms with van der Waals surface area (Å²) in [5.41, 5.74) is 3.25. The molecule has 4 aromatic rings. The zero-order chi connectivity index (χ0) is 18.3. The van der Waals surface area contributed by atoms with Crippen LogP contribution < -0.4 is 5.32 Å². The molecule has 0 saturated carbocycles. The highest BCUT2D eigenvalue weighted by Gasteiger charge is 2.19. The molecule has 130 valence electrons. The van der Waals surface area contributed by atoms with Crippen molar-refractivity contribution in [1.82, 2.24) is 20.0 Å². The Morgan fingerprint density at radius 2 is 2.00 bits per heavy atom. The molecule has 6 nitrogen and oxygen atoms in total. The second-order valence-electron chi connectivity index (χ2n) is 5.81. The molecule has 2 aromatic heterocycles. The van der Waals surface area contributed by atoms with E-state index in [-0.39, 0.29) is 11.5 Å². The predicted octanol–water partition coefficient (Wildman–Crippen LogP) is 3.89. The number of hydrogen-bond donors (Lipinski definition) is 1. The van der Waals surface area contributed by atoms with Gasteiger partial charge in [0.2, 0.25) is 0 Å². The highest BCUT2D eigenvalue weighted by atomic mass is 32.1. The molecule has 0 aliphatic heterocycles. The smallest absolute Gasteiger partial charge is 0.279 e. The highest BCUT2D eigenvalue weighted by Crippen LogP contribution is 2.27. The molecule has 2 aromatic carbocycles. The Morgan fingerprint density at radius 3 is 2.81 bits per heavy atom. The van der Waals surface area contributed by atoms with Crippen LogP contribution in [0.3, 0.4) is 0 Å². The van der Waals surface area contributed by atoms with Crippen molar-refractivity contribution in [3.63, 3.8) is 0 Å². The van der Waals surface area contributed by atoms with Crippen molar-refractivity contribution in [3.05, 3.63) is 65.2 Å². The number of fused-ring (bicyclic) bond motifs is 1. The van der Waals surface area contributed by atoms with Gasteiger partial charge >= 0.3 is 0 Å². The van der Waals surface area contributed by atoms with E-state index in [2.05, 4.69) is 20.6 Å². The topological polar surface area (TPSA) is 72.7 Å². The number of aromatic nitrogens is 4. The Kier molecular flexibility index (Phi) is 3.96. The van der Waals surface area contributed by atoms with Crippen LogP contribution in [0, 0.1) is 19.7 Å². The maximum atomic E-state index is 13.3. The average Bonchev–Trinajstić information content (AvgIpc) is 3.18. The van der Waals surface area contributed by atoms with Gasteiger partial charge in [-0.05, 0) is 37.6 Å². The van der Waals surface area contributed by atoms with E-state index in [1.807, 2.05) is 31.2 Å². The molecule has 26 heavy (non-hydrogen) atoms. The van der Waals surface area contributed by atoms with E-state index < -0.39 is 5.91 Å². The number of rotatable bonds is 3. The number of nitrogens with one attached hydrogen (secondary N) is 1. The molecule has 0 fully saturated rings.